The Kier molecular flexibility index (Phi) is 3.75. The Morgan fingerprint density at radius 3 is 1.83 bits per heavy atom. The van der Waals surface area contributed by atoms with Crippen molar-refractivity contribution in [2.45, 2.75) is 24.9 Å². The highest BCUT2D eigenvalue weighted by molar-refractivity contribution is 9.10. The molecule has 0 spiro atoms. The van der Waals surface area contributed by atoms with Crippen molar-refractivity contribution >= 4 is 15.9 Å². The summed E-state index contributed by atoms with van der Waals surface area (Å²) in [6.45, 7) is 1.32. The van der Waals surface area contributed by atoms with E-state index in [0.29, 0.717) is 6.07 Å². The molecule has 0 saturated heterocycles. The standard InChI is InChI=1S/C10H7BrF6O/c1-5-3-2-4-6(7(5)11)8(18,9(12,13)14)10(15,16)17/h2-4,18H,1H3. The lowest BCUT2D eigenvalue weighted by Gasteiger charge is -2.33. The predicted molar refractivity (Wildman–Crippen MR) is 54.9 cm³/mol. The number of benzene rings is 1. The molecule has 0 aromatic heterocycles. The number of aryl methyl sites for hydroxylation is 1. The van der Waals surface area contributed by atoms with E-state index in [1.807, 2.05) is 0 Å². The van der Waals surface area contributed by atoms with Crippen LogP contribution in [0.4, 0.5) is 26.3 Å². The smallest absolute Gasteiger partial charge is 0.369 e. The molecule has 0 aliphatic heterocycles. The summed E-state index contributed by atoms with van der Waals surface area (Å²) < 4.78 is 75.2. The number of rotatable bonds is 1. The van der Waals surface area contributed by atoms with E-state index in [1.54, 1.807) is 0 Å². The molecule has 18 heavy (non-hydrogen) atoms. The van der Waals surface area contributed by atoms with Crippen LogP contribution in [0.15, 0.2) is 22.7 Å². The molecule has 1 aromatic carbocycles. The van der Waals surface area contributed by atoms with Gasteiger partial charge in [-0.3, -0.25) is 0 Å². The highest BCUT2D eigenvalue weighted by Crippen LogP contribution is 2.51. The van der Waals surface area contributed by atoms with Gasteiger partial charge in [-0.15, -0.1) is 0 Å². The minimum Gasteiger partial charge on any atom is -0.369 e. The van der Waals surface area contributed by atoms with Crippen molar-refractivity contribution in [2.75, 3.05) is 0 Å². The maximum atomic E-state index is 12.6. The van der Waals surface area contributed by atoms with Crippen LogP contribution in [0, 0.1) is 6.92 Å². The number of alkyl halides is 6. The summed E-state index contributed by atoms with van der Waals surface area (Å²) in [5.41, 5.74) is -6.02. The van der Waals surface area contributed by atoms with E-state index in [4.69, 9.17) is 0 Å². The molecular formula is C10H7BrF6O. The fraction of sp³-hybridized carbons (Fsp3) is 0.400. The van der Waals surface area contributed by atoms with Crippen molar-refractivity contribution in [3.63, 3.8) is 0 Å². The van der Waals surface area contributed by atoms with Crippen LogP contribution in [0.2, 0.25) is 0 Å². The van der Waals surface area contributed by atoms with E-state index in [1.165, 1.54) is 13.0 Å². The van der Waals surface area contributed by atoms with Crippen LogP contribution in [0.25, 0.3) is 0 Å². The highest BCUT2D eigenvalue weighted by Gasteiger charge is 2.71. The topological polar surface area (TPSA) is 20.2 Å². The third kappa shape index (κ3) is 2.23. The first-order chi connectivity index (χ1) is 7.93. The van der Waals surface area contributed by atoms with Crippen molar-refractivity contribution < 1.29 is 31.4 Å². The van der Waals surface area contributed by atoms with Gasteiger partial charge in [0, 0.05) is 10.0 Å². The van der Waals surface area contributed by atoms with Crippen molar-refractivity contribution in [1.82, 2.24) is 0 Å². The summed E-state index contributed by atoms with van der Waals surface area (Å²) in [6, 6.07) is 2.91. The molecule has 102 valence electrons. The van der Waals surface area contributed by atoms with E-state index in [-0.39, 0.29) is 5.56 Å². The molecular weight excluding hydrogens is 330 g/mol. The molecule has 0 bridgehead atoms. The van der Waals surface area contributed by atoms with E-state index in [2.05, 4.69) is 15.9 Å². The molecule has 1 rings (SSSR count). The van der Waals surface area contributed by atoms with Gasteiger partial charge in [-0.2, -0.15) is 26.3 Å². The van der Waals surface area contributed by atoms with Gasteiger partial charge in [0.15, 0.2) is 0 Å². The predicted octanol–water partition coefficient (Wildman–Crippen LogP) is 4.07. The van der Waals surface area contributed by atoms with Gasteiger partial charge >= 0.3 is 12.4 Å². The van der Waals surface area contributed by atoms with Gasteiger partial charge in [0.1, 0.15) is 0 Å². The van der Waals surface area contributed by atoms with Crippen LogP contribution in [-0.4, -0.2) is 17.5 Å². The van der Waals surface area contributed by atoms with Crippen LogP contribution in [0.1, 0.15) is 11.1 Å². The summed E-state index contributed by atoms with van der Waals surface area (Å²) in [5.74, 6) is 0. The van der Waals surface area contributed by atoms with Gasteiger partial charge < -0.3 is 5.11 Å². The second kappa shape index (κ2) is 4.41. The van der Waals surface area contributed by atoms with E-state index < -0.39 is 28.0 Å². The van der Waals surface area contributed by atoms with Gasteiger partial charge in [-0.1, -0.05) is 34.1 Å². The Hall–Kier alpha value is -0.760. The van der Waals surface area contributed by atoms with Crippen LogP contribution >= 0.6 is 15.9 Å². The van der Waals surface area contributed by atoms with Crippen molar-refractivity contribution in [2.24, 2.45) is 0 Å². The summed E-state index contributed by atoms with van der Waals surface area (Å²) in [6.07, 6.45) is -11.7. The third-order valence-electron chi connectivity index (χ3n) is 2.40. The molecule has 1 aromatic rings. The molecule has 0 radical (unpaired) electrons. The van der Waals surface area contributed by atoms with Gasteiger partial charge in [-0.25, -0.2) is 0 Å². The molecule has 1 N–H and O–H groups in total. The first-order valence-electron chi connectivity index (χ1n) is 4.54. The quantitative estimate of drug-likeness (QED) is 0.766. The lowest BCUT2D eigenvalue weighted by atomic mass is 9.91. The third-order valence-corrected chi connectivity index (χ3v) is 3.45. The minimum absolute atomic E-state index is 0.152. The second-order valence-corrected chi connectivity index (χ2v) is 4.44. The number of hydrogen-bond acceptors (Lipinski definition) is 1. The average Bonchev–Trinajstić information content (AvgIpc) is 2.17. The Bertz CT molecular complexity index is 437. The molecule has 0 aliphatic rings. The minimum atomic E-state index is -5.87. The molecule has 0 saturated carbocycles. The molecule has 0 heterocycles. The number of aliphatic hydroxyl groups is 1. The molecule has 0 fully saturated rings. The lowest BCUT2D eigenvalue weighted by Crippen LogP contribution is -2.54. The van der Waals surface area contributed by atoms with Gasteiger partial charge in [0.05, 0.1) is 0 Å². The van der Waals surface area contributed by atoms with Crippen LogP contribution in [0.3, 0.4) is 0 Å². The monoisotopic (exact) mass is 336 g/mol. The first-order valence-corrected chi connectivity index (χ1v) is 5.33. The van der Waals surface area contributed by atoms with Gasteiger partial charge in [-0.05, 0) is 12.5 Å². The molecule has 1 nitrogen and oxygen atoms in total. The van der Waals surface area contributed by atoms with Crippen LogP contribution in [-0.2, 0) is 5.60 Å². The molecule has 8 heteroatoms. The Morgan fingerprint density at radius 2 is 1.44 bits per heavy atom. The van der Waals surface area contributed by atoms with Gasteiger partial charge in [0.2, 0.25) is 0 Å². The first kappa shape index (κ1) is 15.3. The average molecular weight is 337 g/mol. The number of halogens is 7. The Morgan fingerprint density at radius 1 is 1.00 bits per heavy atom. The molecule has 0 unspecified atom stereocenters. The van der Waals surface area contributed by atoms with Crippen LogP contribution < -0.4 is 0 Å². The largest absolute Gasteiger partial charge is 0.430 e. The summed E-state index contributed by atoms with van der Waals surface area (Å²) in [4.78, 5) is 0. The zero-order valence-electron chi connectivity index (χ0n) is 8.83. The fourth-order valence-electron chi connectivity index (χ4n) is 1.39. The lowest BCUT2D eigenvalue weighted by molar-refractivity contribution is -0.376. The van der Waals surface area contributed by atoms with E-state index in [0.717, 1.165) is 6.07 Å². The Balaban J connectivity index is 3.61. The van der Waals surface area contributed by atoms with Crippen molar-refractivity contribution in [3.8, 4) is 0 Å². The zero-order valence-corrected chi connectivity index (χ0v) is 10.4. The number of hydrogen-bond donors (Lipinski definition) is 1. The maximum Gasteiger partial charge on any atom is 0.430 e. The molecule has 0 amide bonds. The summed E-state index contributed by atoms with van der Waals surface area (Å²) >= 11 is 2.64. The maximum absolute atomic E-state index is 12.6. The van der Waals surface area contributed by atoms with Crippen molar-refractivity contribution in [1.29, 1.82) is 0 Å². The fourth-order valence-corrected chi connectivity index (χ4v) is 1.94. The Labute approximate surface area is 107 Å². The van der Waals surface area contributed by atoms with Gasteiger partial charge in [0.25, 0.3) is 5.60 Å². The second-order valence-electron chi connectivity index (χ2n) is 3.64. The summed E-state index contributed by atoms with van der Waals surface area (Å²) in [7, 11) is 0. The van der Waals surface area contributed by atoms with E-state index >= 15 is 0 Å². The zero-order chi connectivity index (χ0) is 14.4. The summed E-state index contributed by atoms with van der Waals surface area (Å²) in [5, 5.41) is 9.18. The van der Waals surface area contributed by atoms with Crippen LogP contribution in [0.5, 0.6) is 0 Å². The highest BCUT2D eigenvalue weighted by atomic mass is 79.9. The molecule has 0 atom stereocenters. The van der Waals surface area contributed by atoms with Crippen molar-refractivity contribution in [3.05, 3.63) is 33.8 Å². The van der Waals surface area contributed by atoms with E-state index in [9.17, 15) is 31.4 Å². The normalized spacial score (nSPS) is 13.8. The SMILES string of the molecule is Cc1cccc(C(O)(C(F)(F)F)C(F)(F)F)c1Br. The molecule has 0 aliphatic carbocycles.